The van der Waals surface area contributed by atoms with Gasteiger partial charge in [-0.1, -0.05) is 25.0 Å². The zero-order chi connectivity index (χ0) is 12.3. The average Bonchev–Trinajstić information content (AvgIpc) is 2.81. The average molecular weight is 230 g/mol. The van der Waals surface area contributed by atoms with Crippen molar-refractivity contribution in [3.8, 4) is 6.07 Å². The number of hydrogen-bond donors (Lipinski definition) is 2. The predicted octanol–water partition coefficient (Wildman–Crippen LogP) is 2.58. The first-order valence-electron chi connectivity index (χ1n) is 6.09. The number of rotatable bonds is 3. The summed E-state index contributed by atoms with van der Waals surface area (Å²) in [7, 11) is 0. The number of aliphatic hydroxyl groups is 1. The molecule has 90 valence electrons. The molecule has 1 fully saturated rings. The minimum absolute atomic E-state index is 0.131. The van der Waals surface area contributed by atoms with E-state index in [1.807, 2.05) is 25.1 Å². The lowest BCUT2D eigenvalue weighted by Gasteiger charge is -2.30. The first-order valence-corrected chi connectivity index (χ1v) is 6.09. The molecule has 0 radical (unpaired) electrons. The molecule has 1 aliphatic carbocycles. The fraction of sp³-hybridized carbons (Fsp3) is 0.500. The van der Waals surface area contributed by atoms with Crippen molar-refractivity contribution >= 4 is 5.69 Å². The van der Waals surface area contributed by atoms with Crippen molar-refractivity contribution < 1.29 is 5.11 Å². The summed E-state index contributed by atoms with van der Waals surface area (Å²) in [6, 6.07) is 7.90. The first kappa shape index (κ1) is 11.9. The highest BCUT2D eigenvalue weighted by molar-refractivity contribution is 5.63. The Bertz CT molecular complexity index is 442. The maximum atomic E-state index is 9.59. The molecule has 0 amide bonds. The standard InChI is InChI=1S/C14H18N2O/c1-11-5-4-6-12(9-15)13(11)16-14(10-17)7-2-3-8-14/h4-6,16-17H,2-3,7-8,10H2,1H3. The lowest BCUT2D eigenvalue weighted by atomic mass is 9.96. The van der Waals surface area contributed by atoms with Crippen molar-refractivity contribution in [2.45, 2.75) is 38.1 Å². The van der Waals surface area contributed by atoms with Crippen LogP contribution in [0.5, 0.6) is 0 Å². The fourth-order valence-corrected chi connectivity index (χ4v) is 2.57. The van der Waals surface area contributed by atoms with Gasteiger partial charge in [0.1, 0.15) is 6.07 Å². The summed E-state index contributed by atoms with van der Waals surface area (Å²) in [6.45, 7) is 2.12. The second-order valence-corrected chi connectivity index (χ2v) is 4.88. The van der Waals surface area contributed by atoms with E-state index in [-0.39, 0.29) is 12.1 Å². The van der Waals surface area contributed by atoms with E-state index in [9.17, 15) is 5.11 Å². The fourth-order valence-electron chi connectivity index (χ4n) is 2.57. The Balaban J connectivity index is 2.32. The maximum Gasteiger partial charge on any atom is 0.101 e. The number of hydrogen-bond acceptors (Lipinski definition) is 3. The van der Waals surface area contributed by atoms with Gasteiger partial charge in [0.2, 0.25) is 0 Å². The highest BCUT2D eigenvalue weighted by atomic mass is 16.3. The van der Waals surface area contributed by atoms with Crippen LogP contribution in [0.4, 0.5) is 5.69 Å². The molecule has 0 bridgehead atoms. The Morgan fingerprint density at radius 2 is 2.12 bits per heavy atom. The van der Waals surface area contributed by atoms with Gasteiger partial charge in [0.25, 0.3) is 0 Å². The Hall–Kier alpha value is -1.53. The van der Waals surface area contributed by atoms with Crippen LogP contribution in [0.25, 0.3) is 0 Å². The number of nitrogens with one attached hydrogen (secondary N) is 1. The Labute approximate surface area is 102 Å². The van der Waals surface area contributed by atoms with E-state index in [1.165, 1.54) is 0 Å². The molecule has 1 saturated carbocycles. The van der Waals surface area contributed by atoms with Gasteiger partial charge in [-0.2, -0.15) is 5.26 Å². The summed E-state index contributed by atoms with van der Waals surface area (Å²) in [4.78, 5) is 0. The summed E-state index contributed by atoms with van der Waals surface area (Å²) in [5, 5.41) is 22.1. The number of benzene rings is 1. The molecule has 1 aromatic rings. The number of anilines is 1. The van der Waals surface area contributed by atoms with Crippen LogP contribution in [0.3, 0.4) is 0 Å². The van der Waals surface area contributed by atoms with Crippen LogP contribution in [0.1, 0.15) is 36.8 Å². The second kappa shape index (κ2) is 4.77. The monoisotopic (exact) mass is 230 g/mol. The topological polar surface area (TPSA) is 56.0 Å². The summed E-state index contributed by atoms with van der Waals surface area (Å²) in [5.41, 5.74) is 2.37. The lowest BCUT2D eigenvalue weighted by molar-refractivity contribution is 0.214. The Kier molecular flexibility index (Phi) is 3.35. The molecular formula is C14H18N2O. The summed E-state index contributed by atoms with van der Waals surface area (Å²) < 4.78 is 0. The molecule has 2 N–H and O–H groups in total. The smallest absolute Gasteiger partial charge is 0.101 e. The predicted molar refractivity (Wildman–Crippen MR) is 67.8 cm³/mol. The van der Waals surface area contributed by atoms with E-state index in [4.69, 9.17) is 5.26 Å². The van der Waals surface area contributed by atoms with Crippen LogP contribution in [0.15, 0.2) is 18.2 Å². The molecule has 17 heavy (non-hydrogen) atoms. The molecule has 0 unspecified atom stereocenters. The molecule has 0 aliphatic heterocycles. The third kappa shape index (κ3) is 2.27. The van der Waals surface area contributed by atoms with Gasteiger partial charge in [0.15, 0.2) is 0 Å². The highest BCUT2D eigenvalue weighted by Gasteiger charge is 2.33. The zero-order valence-electron chi connectivity index (χ0n) is 10.2. The van der Waals surface area contributed by atoms with Crippen LogP contribution >= 0.6 is 0 Å². The molecule has 2 rings (SSSR count). The molecule has 0 heterocycles. The van der Waals surface area contributed by atoms with Crippen molar-refractivity contribution in [1.29, 1.82) is 5.26 Å². The van der Waals surface area contributed by atoms with E-state index < -0.39 is 0 Å². The molecule has 0 spiro atoms. The summed E-state index contributed by atoms with van der Waals surface area (Å²) in [6.07, 6.45) is 4.23. The van der Waals surface area contributed by atoms with Crippen LogP contribution in [0.2, 0.25) is 0 Å². The molecule has 1 aromatic carbocycles. The molecule has 1 aliphatic rings. The molecular weight excluding hydrogens is 212 g/mol. The van der Waals surface area contributed by atoms with Crippen LogP contribution < -0.4 is 5.32 Å². The van der Waals surface area contributed by atoms with E-state index in [0.29, 0.717) is 5.56 Å². The molecule has 0 aromatic heterocycles. The zero-order valence-corrected chi connectivity index (χ0v) is 10.2. The van der Waals surface area contributed by atoms with Gasteiger partial charge in [0, 0.05) is 0 Å². The van der Waals surface area contributed by atoms with Gasteiger partial charge in [-0.3, -0.25) is 0 Å². The minimum Gasteiger partial charge on any atom is -0.394 e. The van der Waals surface area contributed by atoms with Crippen LogP contribution in [-0.4, -0.2) is 17.3 Å². The second-order valence-electron chi connectivity index (χ2n) is 4.88. The van der Waals surface area contributed by atoms with Gasteiger partial charge in [-0.15, -0.1) is 0 Å². The van der Waals surface area contributed by atoms with Gasteiger partial charge in [0.05, 0.1) is 23.4 Å². The highest BCUT2D eigenvalue weighted by Crippen LogP contribution is 2.34. The maximum absolute atomic E-state index is 9.59. The third-order valence-corrected chi connectivity index (χ3v) is 3.65. The van der Waals surface area contributed by atoms with E-state index in [1.54, 1.807) is 0 Å². The SMILES string of the molecule is Cc1cccc(C#N)c1NC1(CO)CCCC1. The number of aliphatic hydroxyl groups excluding tert-OH is 1. The van der Waals surface area contributed by atoms with Gasteiger partial charge < -0.3 is 10.4 Å². The normalized spacial score (nSPS) is 17.7. The Morgan fingerprint density at radius 1 is 1.41 bits per heavy atom. The van der Waals surface area contributed by atoms with Crippen molar-refractivity contribution in [2.75, 3.05) is 11.9 Å². The third-order valence-electron chi connectivity index (χ3n) is 3.65. The van der Waals surface area contributed by atoms with Gasteiger partial charge in [-0.05, 0) is 31.4 Å². The van der Waals surface area contributed by atoms with E-state index >= 15 is 0 Å². The van der Waals surface area contributed by atoms with Crippen molar-refractivity contribution in [2.24, 2.45) is 0 Å². The van der Waals surface area contributed by atoms with Crippen LogP contribution in [-0.2, 0) is 0 Å². The number of para-hydroxylation sites is 1. The van der Waals surface area contributed by atoms with Gasteiger partial charge in [-0.25, -0.2) is 0 Å². The van der Waals surface area contributed by atoms with Crippen LogP contribution in [0, 0.1) is 18.3 Å². The molecule has 3 nitrogen and oxygen atoms in total. The number of nitriles is 1. The molecule has 3 heteroatoms. The molecule has 0 atom stereocenters. The van der Waals surface area contributed by atoms with E-state index in [0.717, 1.165) is 36.9 Å². The largest absolute Gasteiger partial charge is 0.394 e. The summed E-state index contributed by atoms with van der Waals surface area (Å²) >= 11 is 0. The van der Waals surface area contributed by atoms with Gasteiger partial charge >= 0.3 is 0 Å². The first-order chi connectivity index (χ1) is 8.21. The minimum atomic E-state index is -0.224. The van der Waals surface area contributed by atoms with Crippen molar-refractivity contribution in [1.82, 2.24) is 0 Å². The number of aryl methyl sites for hydroxylation is 1. The van der Waals surface area contributed by atoms with Crippen molar-refractivity contribution in [3.63, 3.8) is 0 Å². The van der Waals surface area contributed by atoms with E-state index in [2.05, 4.69) is 11.4 Å². The quantitative estimate of drug-likeness (QED) is 0.839. The van der Waals surface area contributed by atoms with Crippen molar-refractivity contribution in [3.05, 3.63) is 29.3 Å². The molecule has 0 saturated heterocycles. The Morgan fingerprint density at radius 3 is 2.71 bits per heavy atom. The lowest BCUT2D eigenvalue weighted by Crippen LogP contribution is -2.39. The summed E-state index contributed by atoms with van der Waals surface area (Å²) in [5.74, 6) is 0. The number of nitrogens with zero attached hydrogens (tertiary/aromatic N) is 1.